The van der Waals surface area contributed by atoms with Crippen molar-refractivity contribution in [2.75, 3.05) is 13.1 Å². The Balaban J connectivity index is 2.38. The number of amides is 1. The van der Waals surface area contributed by atoms with Crippen molar-refractivity contribution in [2.24, 2.45) is 0 Å². The number of nitrogens with zero attached hydrogens (tertiary/aromatic N) is 1. The molecule has 0 saturated carbocycles. The van der Waals surface area contributed by atoms with E-state index in [0.717, 1.165) is 45.2 Å². The molecule has 0 aromatic carbocycles. The van der Waals surface area contributed by atoms with E-state index in [1.54, 1.807) is 6.92 Å². The lowest BCUT2D eigenvalue weighted by Crippen LogP contribution is -2.30. The van der Waals surface area contributed by atoms with Crippen LogP contribution in [-0.2, 0) is 4.79 Å². The molecule has 1 unspecified atom stereocenters. The zero-order valence-electron chi connectivity index (χ0n) is 8.33. The van der Waals surface area contributed by atoms with Gasteiger partial charge in [-0.2, -0.15) is 0 Å². The molecule has 1 aliphatic heterocycles. The molecule has 1 rings (SSSR count). The molecule has 0 radical (unpaired) electrons. The molecule has 1 aliphatic rings. The Bertz CT molecular complexity index is 170. The van der Waals surface area contributed by atoms with Crippen LogP contribution < -0.4 is 0 Å². The van der Waals surface area contributed by atoms with Crippen LogP contribution in [-0.4, -0.2) is 35.1 Å². The average molecular weight is 185 g/mol. The lowest BCUT2D eigenvalue weighted by Gasteiger charge is -2.19. The van der Waals surface area contributed by atoms with E-state index in [0.29, 0.717) is 0 Å². The Morgan fingerprint density at radius 2 is 1.85 bits per heavy atom. The molecule has 1 heterocycles. The summed E-state index contributed by atoms with van der Waals surface area (Å²) in [6.45, 7) is 3.29. The van der Waals surface area contributed by atoms with Crippen LogP contribution in [0.4, 0.5) is 0 Å². The minimum atomic E-state index is -0.146. The fraction of sp³-hybridized carbons (Fsp3) is 0.900. The molecule has 1 fully saturated rings. The highest BCUT2D eigenvalue weighted by atomic mass is 16.3. The Kier molecular flexibility index (Phi) is 4.22. The Morgan fingerprint density at radius 3 is 2.54 bits per heavy atom. The van der Waals surface area contributed by atoms with E-state index in [4.69, 9.17) is 0 Å². The normalized spacial score (nSPS) is 26.0. The molecular formula is C10H19NO2. The van der Waals surface area contributed by atoms with Gasteiger partial charge in [-0.15, -0.1) is 0 Å². The number of hydrogen-bond acceptors (Lipinski definition) is 2. The monoisotopic (exact) mass is 185 g/mol. The van der Waals surface area contributed by atoms with Crippen LogP contribution in [0.3, 0.4) is 0 Å². The van der Waals surface area contributed by atoms with Crippen molar-refractivity contribution in [1.29, 1.82) is 0 Å². The quantitative estimate of drug-likeness (QED) is 0.615. The van der Waals surface area contributed by atoms with Crippen LogP contribution in [0.1, 0.15) is 39.0 Å². The molecule has 0 bridgehead atoms. The first-order valence-corrected chi connectivity index (χ1v) is 5.13. The summed E-state index contributed by atoms with van der Waals surface area (Å²) >= 11 is 0. The van der Waals surface area contributed by atoms with Gasteiger partial charge in [-0.05, 0) is 32.1 Å². The summed E-state index contributed by atoms with van der Waals surface area (Å²) in [5, 5.41) is 9.46. The van der Waals surface area contributed by atoms with Gasteiger partial charge in [-0.3, -0.25) is 4.79 Å². The molecule has 0 aliphatic carbocycles. The predicted octanol–water partition coefficient (Wildman–Crippen LogP) is 1.16. The molecular weight excluding hydrogens is 166 g/mol. The molecule has 0 spiro atoms. The highest BCUT2D eigenvalue weighted by molar-refractivity contribution is 5.73. The fourth-order valence-corrected chi connectivity index (χ4v) is 1.77. The van der Waals surface area contributed by atoms with Gasteiger partial charge in [0.1, 0.15) is 0 Å². The van der Waals surface area contributed by atoms with Crippen molar-refractivity contribution in [3.8, 4) is 0 Å². The average Bonchev–Trinajstić information content (AvgIpc) is 2.16. The molecule has 76 valence electrons. The zero-order valence-corrected chi connectivity index (χ0v) is 8.33. The van der Waals surface area contributed by atoms with Crippen LogP contribution in [0.15, 0.2) is 0 Å². The first-order valence-electron chi connectivity index (χ1n) is 5.13. The van der Waals surface area contributed by atoms with Crippen molar-refractivity contribution in [3.05, 3.63) is 0 Å². The van der Waals surface area contributed by atoms with Crippen molar-refractivity contribution in [2.45, 2.75) is 45.1 Å². The topological polar surface area (TPSA) is 40.5 Å². The van der Waals surface area contributed by atoms with Crippen molar-refractivity contribution < 1.29 is 9.90 Å². The molecule has 13 heavy (non-hydrogen) atoms. The van der Waals surface area contributed by atoms with E-state index >= 15 is 0 Å². The largest absolute Gasteiger partial charge is 0.393 e. The third-order valence-electron chi connectivity index (χ3n) is 2.63. The molecule has 0 aromatic heterocycles. The van der Waals surface area contributed by atoms with Crippen LogP contribution in [0.2, 0.25) is 0 Å². The summed E-state index contributed by atoms with van der Waals surface area (Å²) in [6, 6.07) is 0. The fourth-order valence-electron chi connectivity index (χ4n) is 1.77. The summed E-state index contributed by atoms with van der Waals surface area (Å²) in [5.74, 6) is 0.163. The molecule has 0 aromatic rings. The molecule has 1 amide bonds. The first-order chi connectivity index (χ1) is 6.20. The van der Waals surface area contributed by atoms with Gasteiger partial charge < -0.3 is 10.0 Å². The number of carbonyl (C=O) groups is 1. The van der Waals surface area contributed by atoms with Crippen molar-refractivity contribution >= 4 is 5.91 Å². The summed E-state index contributed by atoms with van der Waals surface area (Å²) in [7, 11) is 0. The Morgan fingerprint density at radius 1 is 1.23 bits per heavy atom. The molecule has 1 saturated heterocycles. The van der Waals surface area contributed by atoms with E-state index in [1.165, 1.54) is 0 Å². The highest BCUT2D eigenvalue weighted by Crippen LogP contribution is 2.11. The SMILES string of the molecule is CC(=O)N1CCCCC(O)CCC1. The van der Waals surface area contributed by atoms with Gasteiger partial charge in [-0.25, -0.2) is 0 Å². The maximum atomic E-state index is 11.1. The summed E-state index contributed by atoms with van der Waals surface area (Å²) < 4.78 is 0. The van der Waals surface area contributed by atoms with E-state index in [1.807, 2.05) is 4.90 Å². The van der Waals surface area contributed by atoms with Gasteiger partial charge in [0.25, 0.3) is 0 Å². The highest BCUT2D eigenvalue weighted by Gasteiger charge is 2.12. The lowest BCUT2D eigenvalue weighted by atomic mass is 10.1. The van der Waals surface area contributed by atoms with Gasteiger partial charge >= 0.3 is 0 Å². The number of rotatable bonds is 0. The van der Waals surface area contributed by atoms with Gasteiger partial charge in [0.05, 0.1) is 6.10 Å². The maximum Gasteiger partial charge on any atom is 0.219 e. The van der Waals surface area contributed by atoms with Gasteiger partial charge in [0, 0.05) is 20.0 Å². The second-order valence-electron chi connectivity index (χ2n) is 3.80. The molecule has 3 heteroatoms. The smallest absolute Gasteiger partial charge is 0.219 e. The number of aliphatic hydroxyl groups is 1. The maximum absolute atomic E-state index is 11.1. The molecule has 3 nitrogen and oxygen atoms in total. The molecule has 1 atom stereocenters. The zero-order chi connectivity index (χ0) is 9.68. The standard InChI is InChI=1S/C10H19NO2/c1-9(12)11-7-3-2-5-10(13)6-4-8-11/h10,13H,2-8H2,1H3. The number of aliphatic hydroxyl groups excluding tert-OH is 1. The van der Waals surface area contributed by atoms with Gasteiger partial charge in [0.2, 0.25) is 5.91 Å². The van der Waals surface area contributed by atoms with E-state index in [2.05, 4.69) is 0 Å². The van der Waals surface area contributed by atoms with Gasteiger partial charge in [0.15, 0.2) is 0 Å². The van der Waals surface area contributed by atoms with Crippen LogP contribution >= 0.6 is 0 Å². The van der Waals surface area contributed by atoms with Crippen LogP contribution in [0, 0.1) is 0 Å². The Labute approximate surface area is 79.7 Å². The minimum absolute atomic E-state index is 0.146. The third kappa shape index (κ3) is 3.77. The predicted molar refractivity (Wildman–Crippen MR) is 51.3 cm³/mol. The third-order valence-corrected chi connectivity index (χ3v) is 2.63. The first kappa shape index (κ1) is 10.5. The molecule has 1 N–H and O–H groups in total. The van der Waals surface area contributed by atoms with E-state index in [9.17, 15) is 9.90 Å². The van der Waals surface area contributed by atoms with E-state index < -0.39 is 0 Å². The second-order valence-corrected chi connectivity index (χ2v) is 3.80. The van der Waals surface area contributed by atoms with E-state index in [-0.39, 0.29) is 12.0 Å². The van der Waals surface area contributed by atoms with Crippen molar-refractivity contribution in [3.63, 3.8) is 0 Å². The summed E-state index contributed by atoms with van der Waals surface area (Å²) in [5.41, 5.74) is 0. The van der Waals surface area contributed by atoms with Gasteiger partial charge in [-0.1, -0.05) is 0 Å². The Hall–Kier alpha value is -0.570. The minimum Gasteiger partial charge on any atom is -0.393 e. The second kappa shape index (κ2) is 5.22. The summed E-state index contributed by atoms with van der Waals surface area (Å²) in [4.78, 5) is 13.0. The number of hydrogen-bond donors (Lipinski definition) is 1. The van der Waals surface area contributed by atoms with Crippen LogP contribution in [0.25, 0.3) is 0 Å². The van der Waals surface area contributed by atoms with Crippen LogP contribution in [0.5, 0.6) is 0 Å². The summed E-state index contributed by atoms with van der Waals surface area (Å²) in [6.07, 6.45) is 4.57. The lowest BCUT2D eigenvalue weighted by molar-refractivity contribution is -0.129. The number of carbonyl (C=O) groups excluding carboxylic acids is 1. The van der Waals surface area contributed by atoms with Crippen molar-refractivity contribution in [1.82, 2.24) is 4.90 Å².